The van der Waals surface area contributed by atoms with E-state index in [9.17, 15) is 5.11 Å². The van der Waals surface area contributed by atoms with Crippen molar-refractivity contribution in [2.75, 3.05) is 0 Å². The van der Waals surface area contributed by atoms with Crippen molar-refractivity contribution in [1.82, 2.24) is 4.98 Å². The molecule has 0 atom stereocenters. The number of pyridine rings is 1. The molecule has 173 valence electrons. The predicted molar refractivity (Wildman–Crippen MR) is 138 cm³/mol. The van der Waals surface area contributed by atoms with Crippen molar-refractivity contribution in [3.05, 3.63) is 107 Å². The molecule has 5 heteroatoms. The van der Waals surface area contributed by atoms with Gasteiger partial charge in [-0.2, -0.15) is 0 Å². The Bertz CT molecular complexity index is 1410. The molecule has 0 fully saturated rings. The molecular formula is C30H27BNO3. The summed E-state index contributed by atoms with van der Waals surface area (Å²) in [5.41, 5.74) is 5.14. The van der Waals surface area contributed by atoms with Crippen molar-refractivity contribution in [3.8, 4) is 22.6 Å². The lowest BCUT2D eigenvalue weighted by Gasteiger charge is -2.39. The van der Waals surface area contributed by atoms with Gasteiger partial charge in [0, 0.05) is 22.9 Å². The van der Waals surface area contributed by atoms with E-state index >= 15 is 0 Å². The number of benzene rings is 3. The van der Waals surface area contributed by atoms with Gasteiger partial charge in [-0.1, -0.05) is 66.1 Å². The minimum atomic E-state index is -1.000. The van der Waals surface area contributed by atoms with Gasteiger partial charge in [-0.25, -0.2) is 0 Å². The van der Waals surface area contributed by atoms with Crippen LogP contribution in [-0.2, 0) is 10.1 Å². The predicted octanol–water partition coefficient (Wildman–Crippen LogP) is 5.36. The summed E-state index contributed by atoms with van der Waals surface area (Å²) in [6.07, 6.45) is 1.87. The molecule has 1 aliphatic carbocycles. The minimum Gasteiger partial charge on any atom is -0.457 e. The molecule has 1 radical (unpaired) electrons. The Morgan fingerprint density at radius 2 is 1.46 bits per heavy atom. The second-order valence-electron chi connectivity index (χ2n) is 10.4. The number of hydrogen-bond acceptors (Lipinski definition) is 4. The summed E-state index contributed by atoms with van der Waals surface area (Å²) in [7, 11) is 1.75. The van der Waals surface area contributed by atoms with Crippen LogP contribution in [0.3, 0.4) is 0 Å². The number of fused-ring (bicyclic) bond motifs is 9. The van der Waals surface area contributed by atoms with Gasteiger partial charge >= 0.3 is 7.48 Å². The van der Waals surface area contributed by atoms with E-state index in [2.05, 4.69) is 48.5 Å². The van der Waals surface area contributed by atoms with Crippen LogP contribution in [0.5, 0.6) is 11.5 Å². The van der Waals surface area contributed by atoms with Crippen LogP contribution >= 0.6 is 0 Å². The Kier molecular flexibility index (Phi) is 4.76. The Morgan fingerprint density at radius 3 is 2.11 bits per heavy atom. The molecule has 1 aromatic heterocycles. The van der Waals surface area contributed by atoms with E-state index in [4.69, 9.17) is 14.4 Å². The summed E-state index contributed by atoms with van der Waals surface area (Å²) in [6, 6.07) is 27.0. The maximum Gasteiger partial charge on any atom is 0.330 e. The number of rotatable bonds is 4. The van der Waals surface area contributed by atoms with Crippen molar-refractivity contribution < 1.29 is 14.5 Å². The largest absolute Gasteiger partial charge is 0.457 e. The van der Waals surface area contributed by atoms with Crippen LogP contribution in [0.1, 0.15) is 50.1 Å². The van der Waals surface area contributed by atoms with Crippen molar-refractivity contribution in [2.24, 2.45) is 0 Å². The molecule has 35 heavy (non-hydrogen) atoms. The van der Waals surface area contributed by atoms with Crippen molar-refractivity contribution >= 4 is 12.9 Å². The Morgan fingerprint density at radius 1 is 0.800 bits per heavy atom. The highest BCUT2D eigenvalue weighted by molar-refractivity contribution is 6.47. The van der Waals surface area contributed by atoms with E-state index in [0.29, 0.717) is 0 Å². The molecule has 6 rings (SSSR count). The zero-order valence-electron chi connectivity index (χ0n) is 20.4. The Labute approximate surface area is 206 Å². The summed E-state index contributed by atoms with van der Waals surface area (Å²) in [6.45, 7) is 7.31. The summed E-state index contributed by atoms with van der Waals surface area (Å²) < 4.78 is 12.5. The first-order chi connectivity index (χ1) is 16.7. The molecule has 2 heterocycles. The van der Waals surface area contributed by atoms with Crippen molar-refractivity contribution in [1.29, 1.82) is 0 Å². The van der Waals surface area contributed by atoms with Crippen LogP contribution in [0.25, 0.3) is 11.1 Å². The zero-order valence-corrected chi connectivity index (χ0v) is 20.4. The normalized spacial score (nSPS) is 15.0. The van der Waals surface area contributed by atoms with Crippen LogP contribution in [0.2, 0.25) is 0 Å². The molecule has 0 saturated carbocycles. The zero-order chi connectivity index (χ0) is 24.4. The van der Waals surface area contributed by atoms with Crippen LogP contribution in [0.4, 0.5) is 0 Å². The molecular weight excluding hydrogens is 433 g/mol. The van der Waals surface area contributed by atoms with E-state index < -0.39 is 16.6 Å². The highest BCUT2D eigenvalue weighted by Crippen LogP contribution is 2.61. The monoisotopic (exact) mass is 460 g/mol. The standard InChI is InChI=1S/C30H27BNO3/c1-28(2,33)29(3,4)35-31-19-15-16-20-21-10-9-17-32-27(21)30(24(20)18-19)22-11-5-7-13-25(22)34-26-14-8-6-12-23(26)30/h5-18,33H,1-4H3. The number of aliphatic hydroxyl groups is 1. The second kappa shape index (κ2) is 7.55. The van der Waals surface area contributed by atoms with Gasteiger partial charge in [-0.15, -0.1) is 0 Å². The molecule has 4 nitrogen and oxygen atoms in total. The fourth-order valence-electron chi connectivity index (χ4n) is 5.13. The molecule has 2 aliphatic rings. The van der Waals surface area contributed by atoms with Crippen LogP contribution in [0, 0.1) is 0 Å². The van der Waals surface area contributed by atoms with Gasteiger partial charge in [0.05, 0.1) is 22.3 Å². The quantitative estimate of drug-likeness (QED) is 0.360. The Hall–Kier alpha value is -3.41. The first-order valence-electron chi connectivity index (χ1n) is 11.9. The topological polar surface area (TPSA) is 51.6 Å². The molecule has 1 spiro atoms. The third-order valence-corrected chi connectivity index (χ3v) is 7.67. The lowest BCUT2D eigenvalue weighted by atomic mass is 9.66. The molecule has 3 aromatic carbocycles. The maximum absolute atomic E-state index is 10.5. The highest BCUT2D eigenvalue weighted by atomic mass is 16.5. The van der Waals surface area contributed by atoms with E-state index in [-0.39, 0.29) is 0 Å². The summed E-state index contributed by atoms with van der Waals surface area (Å²) in [5, 5.41) is 10.5. The molecule has 4 aromatic rings. The number of hydrogen-bond donors (Lipinski definition) is 1. The third kappa shape index (κ3) is 3.12. The SMILES string of the molecule is CC(C)(O)C(C)(C)O[B]c1ccc2c(c1)C1(c3ccccc3Oc3ccccc31)c1ncccc1-2. The average Bonchev–Trinajstić information content (AvgIpc) is 3.13. The van der Waals surface area contributed by atoms with Crippen molar-refractivity contribution in [2.45, 2.75) is 44.3 Å². The maximum atomic E-state index is 10.5. The Balaban J connectivity index is 1.59. The first kappa shape index (κ1) is 22.1. The fraction of sp³-hybridized carbons (Fsp3) is 0.233. The molecule has 1 N–H and O–H groups in total. The first-order valence-corrected chi connectivity index (χ1v) is 11.9. The molecule has 0 bridgehead atoms. The van der Waals surface area contributed by atoms with Crippen LogP contribution < -0.4 is 10.2 Å². The average molecular weight is 460 g/mol. The number of aromatic nitrogens is 1. The molecule has 0 unspecified atom stereocenters. The highest BCUT2D eigenvalue weighted by Gasteiger charge is 2.52. The third-order valence-electron chi connectivity index (χ3n) is 7.67. The molecule has 1 aliphatic heterocycles. The number of para-hydroxylation sites is 2. The van der Waals surface area contributed by atoms with Gasteiger partial charge in [0.15, 0.2) is 0 Å². The van der Waals surface area contributed by atoms with Crippen LogP contribution in [-0.4, -0.2) is 28.8 Å². The smallest absolute Gasteiger partial charge is 0.330 e. The lowest BCUT2D eigenvalue weighted by molar-refractivity contribution is -0.0893. The summed E-state index contributed by atoms with van der Waals surface area (Å²) in [5.74, 6) is 1.67. The van der Waals surface area contributed by atoms with E-state index in [1.807, 2.05) is 50.4 Å². The van der Waals surface area contributed by atoms with E-state index in [0.717, 1.165) is 50.5 Å². The van der Waals surface area contributed by atoms with E-state index in [1.54, 1.807) is 21.3 Å². The summed E-state index contributed by atoms with van der Waals surface area (Å²) in [4.78, 5) is 4.97. The van der Waals surface area contributed by atoms with Gasteiger partial charge < -0.3 is 14.5 Å². The molecule has 0 amide bonds. The number of nitrogens with zero attached hydrogens (tertiary/aromatic N) is 1. The summed E-state index contributed by atoms with van der Waals surface area (Å²) >= 11 is 0. The van der Waals surface area contributed by atoms with Crippen molar-refractivity contribution in [3.63, 3.8) is 0 Å². The minimum absolute atomic E-state index is 0.604. The van der Waals surface area contributed by atoms with Crippen LogP contribution in [0.15, 0.2) is 85.1 Å². The lowest BCUT2D eigenvalue weighted by Crippen LogP contribution is -2.49. The van der Waals surface area contributed by atoms with Gasteiger partial charge in [-0.3, -0.25) is 4.98 Å². The van der Waals surface area contributed by atoms with E-state index in [1.165, 1.54) is 0 Å². The second-order valence-corrected chi connectivity index (χ2v) is 10.4. The fourth-order valence-corrected chi connectivity index (χ4v) is 5.13. The number of ether oxygens (including phenoxy) is 1. The van der Waals surface area contributed by atoms with Gasteiger partial charge in [0.2, 0.25) is 0 Å². The molecule has 0 saturated heterocycles. The van der Waals surface area contributed by atoms with Gasteiger partial charge in [0.25, 0.3) is 0 Å². The van der Waals surface area contributed by atoms with Gasteiger partial charge in [-0.05, 0) is 57.0 Å². The van der Waals surface area contributed by atoms with Gasteiger partial charge in [0.1, 0.15) is 11.5 Å².